The standard InChI is InChI=1S/C10H19NO/c1-7(2)9(6-11)10(12)8-4-3-5-8/h7-9H,3-6,11H2,1-2H3. The van der Waals surface area contributed by atoms with Gasteiger partial charge in [0, 0.05) is 18.4 Å². The number of hydrogen-bond acceptors (Lipinski definition) is 2. The Balaban J connectivity index is 2.46. The first-order valence-corrected chi connectivity index (χ1v) is 4.90. The highest BCUT2D eigenvalue weighted by Crippen LogP contribution is 2.31. The third-order valence-corrected chi connectivity index (χ3v) is 2.93. The predicted octanol–water partition coefficient (Wildman–Crippen LogP) is 1.59. The lowest BCUT2D eigenvalue weighted by Gasteiger charge is -2.29. The van der Waals surface area contributed by atoms with Crippen molar-refractivity contribution in [2.75, 3.05) is 6.54 Å². The van der Waals surface area contributed by atoms with Crippen LogP contribution in [0.5, 0.6) is 0 Å². The topological polar surface area (TPSA) is 43.1 Å². The Kier molecular flexibility index (Phi) is 3.27. The van der Waals surface area contributed by atoms with Crippen LogP contribution in [0.2, 0.25) is 0 Å². The zero-order valence-corrected chi connectivity index (χ0v) is 8.05. The van der Waals surface area contributed by atoms with Crippen molar-refractivity contribution in [3.05, 3.63) is 0 Å². The molecule has 12 heavy (non-hydrogen) atoms. The summed E-state index contributed by atoms with van der Waals surface area (Å²) in [5, 5.41) is 0. The van der Waals surface area contributed by atoms with Crippen LogP contribution in [0.25, 0.3) is 0 Å². The molecule has 1 atom stereocenters. The van der Waals surface area contributed by atoms with E-state index in [9.17, 15) is 4.79 Å². The maximum Gasteiger partial charge on any atom is 0.140 e. The molecule has 1 aliphatic rings. The summed E-state index contributed by atoms with van der Waals surface area (Å²) < 4.78 is 0. The minimum Gasteiger partial charge on any atom is -0.330 e. The van der Waals surface area contributed by atoms with Crippen molar-refractivity contribution in [3.63, 3.8) is 0 Å². The third-order valence-electron chi connectivity index (χ3n) is 2.93. The van der Waals surface area contributed by atoms with Crippen LogP contribution in [0.15, 0.2) is 0 Å². The van der Waals surface area contributed by atoms with Crippen LogP contribution in [0.1, 0.15) is 33.1 Å². The van der Waals surface area contributed by atoms with Crippen LogP contribution in [0.4, 0.5) is 0 Å². The Labute approximate surface area is 74.5 Å². The highest BCUT2D eigenvalue weighted by atomic mass is 16.1. The van der Waals surface area contributed by atoms with Gasteiger partial charge in [0.15, 0.2) is 0 Å². The lowest BCUT2D eigenvalue weighted by molar-refractivity contribution is -0.130. The van der Waals surface area contributed by atoms with Crippen LogP contribution in [0.3, 0.4) is 0 Å². The highest BCUT2D eigenvalue weighted by molar-refractivity contribution is 5.84. The summed E-state index contributed by atoms with van der Waals surface area (Å²) in [4.78, 5) is 11.7. The molecule has 0 heterocycles. The second kappa shape index (κ2) is 4.04. The van der Waals surface area contributed by atoms with Crippen molar-refractivity contribution in [3.8, 4) is 0 Å². The lowest BCUT2D eigenvalue weighted by Crippen LogP contribution is -2.35. The average Bonchev–Trinajstić information content (AvgIpc) is 1.83. The molecule has 1 rings (SSSR count). The Bertz CT molecular complexity index is 161. The number of carbonyl (C=O) groups excluding carboxylic acids is 1. The van der Waals surface area contributed by atoms with Gasteiger partial charge in [-0.3, -0.25) is 4.79 Å². The molecular formula is C10H19NO. The molecule has 0 aromatic heterocycles. The number of ketones is 1. The van der Waals surface area contributed by atoms with E-state index < -0.39 is 0 Å². The second-order valence-corrected chi connectivity index (χ2v) is 4.12. The number of rotatable bonds is 4. The molecule has 0 aromatic rings. The van der Waals surface area contributed by atoms with Crippen LogP contribution in [0, 0.1) is 17.8 Å². The number of Topliss-reactive ketones (excluding diaryl/α,β-unsaturated/α-hetero) is 1. The smallest absolute Gasteiger partial charge is 0.140 e. The quantitative estimate of drug-likeness (QED) is 0.694. The molecule has 2 N–H and O–H groups in total. The van der Waals surface area contributed by atoms with Gasteiger partial charge in [0.25, 0.3) is 0 Å². The molecule has 0 radical (unpaired) electrons. The molecule has 2 nitrogen and oxygen atoms in total. The van der Waals surface area contributed by atoms with Crippen molar-refractivity contribution in [2.45, 2.75) is 33.1 Å². The first-order valence-electron chi connectivity index (χ1n) is 4.90. The second-order valence-electron chi connectivity index (χ2n) is 4.12. The molecule has 1 saturated carbocycles. The van der Waals surface area contributed by atoms with Crippen LogP contribution in [-0.2, 0) is 4.79 Å². The van der Waals surface area contributed by atoms with Crippen LogP contribution < -0.4 is 5.73 Å². The maximum absolute atomic E-state index is 11.7. The molecule has 0 aromatic carbocycles. The van der Waals surface area contributed by atoms with Gasteiger partial charge in [0.1, 0.15) is 5.78 Å². The van der Waals surface area contributed by atoms with Gasteiger partial charge in [-0.15, -0.1) is 0 Å². The molecule has 0 aliphatic heterocycles. The van der Waals surface area contributed by atoms with Gasteiger partial charge in [0.05, 0.1) is 0 Å². The predicted molar refractivity (Wildman–Crippen MR) is 49.7 cm³/mol. The Morgan fingerprint density at radius 1 is 1.50 bits per heavy atom. The molecule has 70 valence electrons. The fourth-order valence-electron chi connectivity index (χ4n) is 1.71. The minimum atomic E-state index is 0.107. The largest absolute Gasteiger partial charge is 0.330 e. The molecule has 0 amide bonds. The Morgan fingerprint density at radius 3 is 2.33 bits per heavy atom. The summed E-state index contributed by atoms with van der Waals surface area (Å²) in [5.41, 5.74) is 5.57. The zero-order chi connectivity index (χ0) is 9.14. The zero-order valence-electron chi connectivity index (χ0n) is 8.05. The molecular weight excluding hydrogens is 150 g/mol. The van der Waals surface area contributed by atoms with Crippen LogP contribution in [-0.4, -0.2) is 12.3 Å². The fourth-order valence-corrected chi connectivity index (χ4v) is 1.71. The van der Waals surface area contributed by atoms with Gasteiger partial charge < -0.3 is 5.73 Å². The Morgan fingerprint density at radius 2 is 2.08 bits per heavy atom. The molecule has 1 unspecified atom stereocenters. The molecule has 2 heteroatoms. The number of carbonyl (C=O) groups is 1. The minimum absolute atomic E-state index is 0.107. The average molecular weight is 169 g/mol. The molecule has 1 aliphatic carbocycles. The van der Waals surface area contributed by atoms with E-state index in [0.29, 0.717) is 24.2 Å². The van der Waals surface area contributed by atoms with Crippen LogP contribution >= 0.6 is 0 Å². The van der Waals surface area contributed by atoms with Crippen molar-refractivity contribution in [1.82, 2.24) is 0 Å². The molecule has 0 bridgehead atoms. The van der Waals surface area contributed by atoms with Crippen molar-refractivity contribution < 1.29 is 4.79 Å². The monoisotopic (exact) mass is 169 g/mol. The first kappa shape index (κ1) is 9.72. The van der Waals surface area contributed by atoms with E-state index in [1.807, 2.05) is 0 Å². The molecule has 0 spiro atoms. The van der Waals surface area contributed by atoms with Crippen molar-refractivity contribution >= 4 is 5.78 Å². The van der Waals surface area contributed by atoms with Gasteiger partial charge >= 0.3 is 0 Å². The van der Waals surface area contributed by atoms with E-state index in [1.54, 1.807) is 0 Å². The van der Waals surface area contributed by atoms with Gasteiger partial charge in [-0.05, 0) is 18.8 Å². The normalized spacial score (nSPS) is 20.7. The van der Waals surface area contributed by atoms with E-state index in [-0.39, 0.29) is 5.92 Å². The van der Waals surface area contributed by atoms with Crippen molar-refractivity contribution in [1.29, 1.82) is 0 Å². The van der Waals surface area contributed by atoms with Gasteiger partial charge in [-0.1, -0.05) is 20.3 Å². The van der Waals surface area contributed by atoms with Gasteiger partial charge in [-0.2, -0.15) is 0 Å². The SMILES string of the molecule is CC(C)C(CN)C(=O)C1CCC1. The van der Waals surface area contributed by atoms with E-state index in [2.05, 4.69) is 13.8 Å². The van der Waals surface area contributed by atoms with Gasteiger partial charge in [0.2, 0.25) is 0 Å². The molecule has 1 fully saturated rings. The lowest BCUT2D eigenvalue weighted by atomic mass is 9.75. The maximum atomic E-state index is 11.7. The Hall–Kier alpha value is -0.370. The number of hydrogen-bond donors (Lipinski definition) is 1. The summed E-state index contributed by atoms with van der Waals surface area (Å²) in [6.07, 6.45) is 3.43. The van der Waals surface area contributed by atoms with E-state index in [1.165, 1.54) is 6.42 Å². The molecule has 0 saturated heterocycles. The van der Waals surface area contributed by atoms with Gasteiger partial charge in [-0.25, -0.2) is 0 Å². The highest BCUT2D eigenvalue weighted by Gasteiger charge is 2.31. The fraction of sp³-hybridized carbons (Fsp3) is 0.900. The summed E-state index contributed by atoms with van der Waals surface area (Å²) in [5.74, 6) is 1.28. The summed E-state index contributed by atoms with van der Waals surface area (Å²) >= 11 is 0. The summed E-state index contributed by atoms with van der Waals surface area (Å²) in [7, 11) is 0. The van der Waals surface area contributed by atoms with Crippen molar-refractivity contribution in [2.24, 2.45) is 23.5 Å². The van der Waals surface area contributed by atoms with E-state index in [0.717, 1.165) is 12.8 Å². The third kappa shape index (κ3) is 1.86. The first-order chi connectivity index (χ1) is 5.66. The van der Waals surface area contributed by atoms with E-state index in [4.69, 9.17) is 5.73 Å². The van der Waals surface area contributed by atoms with E-state index >= 15 is 0 Å². The summed E-state index contributed by atoms with van der Waals surface area (Å²) in [6.45, 7) is 4.68. The summed E-state index contributed by atoms with van der Waals surface area (Å²) in [6, 6.07) is 0. The number of nitrogens with two attached hydrogens (primary N) is 1.